The predicted octanol–water partition coefficient (Wildman–Crippen LogP) is -1.64. The summed E-state index contributed by atoms with van der Waals surface area (Å²) in [6, 6.07) is -0.838. The monoisotopic (exact) mass is 238 g/mol. The molecule has 9 heteroatoms. The van der Waals surface area contributed by atoms with Gasteiger partial charge < -0.3 is 24.4 Å². The first kappa shape index (κ1) is 13.1. The molecular weight excluding hydrogens is 226 g/mol. The van der Waals surface area contributed by atoms with Crippen molar-refractivity contribution >= 4 is 15.7 Å². The van der Waals surface area contributed by atoms with Crippen molar-refractivity contribution in [3.05, 3.63) is 0 Å². The normalized spacial score (nSPS) is 37.1. The van der Waals surface area contributed by atoms with E-state index in [4.69, 9.17) is 27.1 Å². The highest BCUT2D eigenvalue weighted by Gasteiger charge is 2.41. The van der Waals surface area contributed by atoms with Gasteiger partial charge in [-0.2, -0.15) is 0 Å². The summed E-state index contributed by atoms with van der Waals surface area (Å²) in [6.45, 7) is -0.445. The third-order valence-corrected chi connectivity index (χ3v) is 2.54. The average Bonchev–Trinajstić information content (AvgIpc) is 2.37. The van der Waals surface area contributed by atoms with Crippen LogP contribution in [0, 0.1) is 0 Å². The summed E-state index contributed by atoms with van der Waals surface area (Å²) in [6.07, 6.45) is -2.70. The van der Waals surface area contributed by atoms with E-state index in [-0.39, 0.29) is 0 Å². The quantitative estimate of drug-likeness (QED) is 0.398. The maximum absolute atomic E-state index is 10.4. The Bertz CT molecular complexity index is 256. The summed E-state index contributed by atoms with van der Waals surface area (Å²) in [4.78, 5) is 16.9. The first-order valence-electron chi connectivity index (χ1n) is 4.17. The lowest BCUT2D eigenvalue weighted by molar-refractivity contribution is -0.0143. The molecule has 0 spiro atoms. The number of rotatable bonds is 4. The van der Waals surface area contributed by atoms with Gasteiger partial charge in [-0.1, -0.05) is 0 Å². The standard InChI is InChI=1S/C6H12BO7P/c1-12-5-4(8)3(14-6(5)7)2-13-15(9,10)11/h3-6,8H,2H2,1H3,(H2,9,10,11)/t3?,4-,5-,6-/m1/s1. The molecule has 0 aliphatic carbocycles. The Balaban J connectivity index is 2.48. The molecule has 1 heterocycles. The SMILES string of the molecule is [B][C@@H]1OC(COP(=O)(O)O)[C@@H](O)[C@H]1OC. The Morgan fingerprint density at radius 1 is 1.53 bits per heavy atom. The van der Waals surface area contributed by atoms with Crippen LogP contribution in [0.25, 0.3) is 0 Å². The lowest BCUT2D eigenvalue weighted by atomic mass is 9.93. The van der Waals surface area contributed by atoms with Crippen LogP contribution in [0.5, 0.6) is 0 Å². The van der Waals surface area contributed by atoms with Crippen molar-refractivity contribution in [3.8, 4) is 0 Å². The molecule has 15 heavy (non-hydrogen) atoms. The van der Waals surface area contributed by atoms with Gasteiger partial charge in [0.1, 0.15) is 26.2 Å². The maximum atomic E-state index is 10.4. The molecule has 3 N–H and O–H groups in total. The van der Waals surface area contributed by atoms with Crippen molar-refractivity contribution in [2.24, 2.45) is 0 Å². The minimum Gasteiger partial charge on any atom is -0.388 e. The Kier molecular flexibility index (Phi) is 4.31. The molecule has 0 aromatic heterocycles. The second-order valence-electron chi connectivity index (χ2n) is 3.12. The molecule has 0 aromatic rings. The summed E-state index contributed by atoms with van der Waals surface area (Å²) in [5.74, 6) is 0. The van der Waals surface area contributed by atoms with Gasteiger partial charge in [0.15, 0.2) is 0 Å². The highest BCUT2D eigenvalue weighted by Crippen LogP contribution is 2.37. The van der Waals surface area contributed by atoms with Crippen LogP contribution < -0.4 is 0 Å². The summed E-state index contributed by atoms with van der Waals surface area (Å²) in [7, 11) is 2.24. The second-order valence-corrected chi connectivity index (χ2v) is 4.36. The Morgan fingerprint density at radius 2 is 2.13 bits per heavy atom. The molecule has 1 aliphatic rings. The topological polar surface area (TPSA) is 105 Å². The fourth-order valence-corrected chi connectivity index (χ4v) is 1.69. The van der Waals surface area contributed by atoms with Crippen molar-refractivity contribution in [1.82, 2.24) is 0 Å². The molecule has 2 radical (unpaired) electrons. The zero-order valence-electron chi connectivity index (χ0n) is 8.02. The number of phosphoric ester groups is 1. The van der Waals surface area contributed by atoms with E-state index < -0.39 is 38.7 Å². The van der Waals surface area contributed by atoms with Gasteiger partial charge in [-0.15, -0.1) is 0 Å². The highest BCUT2D eigenvalue weighted by atomic mass is 31.2. The summed E-state index contributed by atoms with van der Waals surface area (Å²) in [5.41, 5.74) is 0. The van der Waals surface area contributed by atoms with Crippen LogP contribution in [0.3, 0.4) is 0 Å². The highest BCUT2D eigenvalue weighted by molar-refractivity contribution is 7.46. The average molecular weight is 238 g/mol. The number of ether oxygens (including phenoxy) is 2. The Labute approximate surface area is 88.0 Å². The third kappa shape index (κ3) is 3.53. The Morgan fingerprint density at radius 3 is 2.53 bits per heavy atom. The van der Waals surface area contributed by atoms with Crippen LogP contribution in [0.15, 0.2) is 0 Å². The first-order valence-corrected chi connectivity index (χ1v) is 5.70. The van der Waals surface area contributed by atoms with E-state index in [0.717, 1.165) is 0 Å². The van der Waals surface area contributed by atoms with Crippen molar-refractivity contribution in [3.63, 3.8) is 0 Å². The van der Waals surface area contributed by atoms with Crippen LogP contribution >= 0.6 is 7.82 Å². The second kappa shape index (κ2) is 4.92. The van der Waals surface area contributed by atoms with E-state index in [1.165, 1.54) is 7.11 Å². The molecule has 0 saturated carbocycles. The summed E-state index contributed by atoms with van der Waals surface area (Å²) >= 11 is 0. The van der Waals surface area contributed by atoms with E-state index in [1.54, 1.807) is 0 Å². The van der Waals surface area contributed by atoms with Crippen LogP contribution in [-0.4, -0.2) is 60.8 Å². The van der Waals surface area contributed by atoms with Gasteiger partial charge in [-0.25, -0.2) is 4.57 Å². The molecule has 0 bridgehead atoms. The van der Waals surface area contributed by atoms with Gasteiger partial charge in [0, 0.05) is 13.1 Å². The summed E-state index contributed by atoms with van der Waals surface area (Å²) < 4.78 is 24.5. The molecule has 1 aliphatic heterocycles. The van der Waals surface area contributed by atoms with Gasteiger partial charge in [0.05, 0.1) is 6.61 Å². The molecule has 4 atom stereocenters. The van der Waals surface area contributed by atoms with Crippen LogP contribution in [-0.2, 0) is 18.6 Å². The van der Waals surface area contributed by atoms with Crippen LogP contribution in [0.1, 0.15) is 0 Å². The zero-order chi connectivity index (χ0) is 11.6. The fourth-order valence-electron chi connectivity index (χ4n) is 1.35. The number of aliphatic hydroxyl groups is 1. The number of hydrogen-bond donors (Lipinski definition) is 3. The molecule has 7 nitrogen and oxygen atoms in total. The molecule has 0 amide bonds. The minimum atomic E-state index is -4.57. The molecule has 0 aromatic carbocycles. The number of phosphoric acid groups is 1. The van der Waals surface area contributed by atoms with E-state index in [0.29, 0.717) is 0 Å². The molecule has 1 unspecified atom stereocenters. The predicted molar refractivity (Wildman–Crippen MR) is 49.2 cm³/mol. The van der Waals surface area contributed by atoms with E-state index in [9.17, 15) is 9.67 Å². The van der Waals surface area contributed by atoms with Crippen molar-refractivity contribution in [1.29, 1.82) is 0 Å². The third-order valence-electron chi connectivity index (χ3n) is 2.05. The number of methoxy groups -OCH3 is 1. The maximum Gasteiger partial charge on any atom is 0.469 e. The first-order chi connectivity index (χ1) is 6.85. The lowest BCUT2D eigenvalue weighted by Crippen LogP contribution is -2.35. The van der Waals surface area contributed by atoms with Crippen molar-refractivity contribution in [2.45, 2.75) is 24.3 Å². The van der Waals surface area contributed by atoms with E-state index in [2.05, 4.69) is 4.52 Å². The van der Waals surface area contributed by atoms with Crippen molar-refractivity contribution < 1.29 is 33.5 Å². The lowest BCUT2D eigenvalue weighted by Gasteiger charge is -2.16. The molecule has 86 valence electrons. The van der Waals surface area contributed by atoms with Gasteiger partial charge in [0.2, 0.25) is 0 Å². The molecule has 1 rings (SSSR count). The minimum absolute atomic E-state index is 0.445. The molecule has 1 saturated heterocycles. The van der Waals surface area contributed by atoms with Gasteiger partial charge in [-0.05, 0) is 0 Å². The fraction of sp³-hybridized carbons (Fsp3) is 1.00. The largest absolute Gasteiger partial charge is 0.469 e. The van der Waals surface area contributed by atoms with Crippen LogP contribution in [0.2, 0.25) is 0 Å². The van der Waals surface area contributed by atoms with Gasteiger partial charge in [-0.3, -0.25) is 4.52 Å². The zero-order valence-corrected chi connectivity index (χ0v) is 8.91. The number of aliphatic hydroxyl groups excluding tert-OH is 1. The van der Waals surface area contributed by atoms with Gasteiger partial charge >= 0.3 is 7.82 Å². The van der Waals surface area contributed by atoms with Crippen molar-refractivity contribution in [2.75, 3.05) is 13.7 Å². The molecule has 1 fully saturated rings. The Hall–Kier alpha value is 0.0549. The van der Waals surface area contributed by atoms with E-state index >= 15 is 0 Å². The van der Waals surface area contributed by atoms with Gasteiger partial charge in [0.25, 0.3) is 0 Å². The smallest absolute Gasteiger partial charge is 0.388 e. The summed E-state index contributed by atoms with van der Waals surface area (Å²) in [5, 5.41) is 9.55. The number of hydrogen-bond acceptors (Lipinski definition) is 5. The molecular formula is C6H12BO7P. The van der Waals surface area contributed by atoms with Crippen LogP contribution in [0.4, 0.5) is 0 Å². The van der Waals surface area contributed by atoms with E-state index in [1.807, 2.05) is 0 Å².